The summed E-state index contributed by atoms with van der Waals surface area (Å²) in [7, 11) is -0.846. The first kappa shape index (κ1) is 17.5. The van der Waals surface area contributed by atoms with Crippen LogP contribution in [0.25, 0.3) is 0 Å². The molecule has 1 N–H and O–H groups in total. The third-order valence-electron chi connectivity index (χ3n) is 3.24. The third-order valence-corrected chi connectivity index (χ3v) is 4.68. The maximum absolute atomic E-state index is 12.5. The number of aromatic nitrogens is 1. The summed E-state index contributed by atoms with van der Waals surface area (Å²) in [5.74, 6) is 1.65. The molecule has 0 bridgehead atoms. The summed E-state index contributed by atoms with van der Waals surface area (Å²) in [5, 5.41) is 0. The first-order valence-electron chi connectivity index (χ1n) is 7.09. The molecule has 0 spiro atoms. The van der Waals surface area contributed by atoms with Gasteiger partial charge in [0, 0.05) is 25.8 Å². The second-order valence-corrected chi connectivity index (χ2v) is 6.56. The van der Waals surface area contributed by atoms with E-state index in [4.69, 9.17) is 13.9 Å². The summed E-state index contributed by atoms with van der Waals surface area (Å²) in [6, 6.07) is 4.34. The van der Waals surface area contributed by atoms with Crippen LogP contribution in [0.1, 0.15) is 24.5 Å². The van der Waals surface area contributed by atoms with Gasteiger partial charge in [-0.15, -0.1) is 0 Å². The van der Waals surface area contributed by atoms with Crippen molar-refractivity contribution in [3.05, 3.63) is 42.1 Å². The molecule has 2 heterocycles. The third kappa shape index (κ3) is 4.31. The Balaban J connectivity index is 2.26. The van der Waals surface area contributed by atoms with Gasteiger partial charge in [-0.25, -0.2) is 8.42 Å². The highest BCUT2D eigenvalue weighted by Crippen LogP contribution is 2.21. The molecular formula is C15H20N2O5S. The molecule has 8 heteroatoms. The zero-order valence-electron chi connectivity index (χ0n) is 13.3. The van der Waals surface area contributed by atoms with E-state index in [-0.39, 0.29) is 11.5 Å². The maximum Gasteiger partial charge on any atom is 0.242 e. The molecule has 1 unspecified atom stereocenters. The summed E-state index contributed by atoms with van der Waals surface area (Å²) in [6.07, 6.45) is 3.42. The van der Waals surface area contributed by atoms with Crippen molar-refractivity contribution in [2.75, 3.05) is 20.8 Å². The van der Waals surface area contributed by atoms with Crippen LogP contribution in [0.2, 0.25) is 0 Å². The molecule has 2 aromatic heterocycles. The molecule has 7 nitrogen and oxygen atoms in total. The first-order chi connectivity index (χ1) is 11.0. The predicted octanol–water partition coefficient (Wildman–Crippen LogP) is 1.91. The van der Waals surface area contributed by atoms with E-state index in [1.54, 1.807) is 6.07 Å². The van der Waals surface area contributed by atoms with Crippen LogP contribution in [0.4, 0.5) is 0 Å². The lowest BCUT2D eigenvalue weighted by molar-refractivity contribution is 0.166. The van der Waals surface area contributed by atoms with E-state index >= 15 is 0 Å². The van der Waals surface area contributed by atoms with E-state index in [1.807, 2.05) is 13.0 Å². The van der Waals surface area contributed by atoms with Crippen LogP contribution in [-0.2, 0) is 21.2 Å². The Kier molecular flexibility index (Phi) is 5.75. The van der Waals surface area contributed by atoms with Crippen LogP contribution in [0, 0.1) is 0 Å². The van der Waals surface area contributed by atoms with Gasteiger partial charge in [0.1, 0.15) is 28.2 Å². The monoisotopic (exact) mass is 340 g/mol. The van der Waals surface area contributed by atoms with Crippen LogP contribution >= 0.6 is 0 Å². The molecule has 126 valence electrons. The number of rotatable bonds is 8. The smallest absolute Gasteiger partial charge is 0.242 e. The fourth-order valence-electron chi connectivity index (χ4n) is 2.03. The molecule has 0 saturated carbocycles. The quantitative estimate of drug-likeness (QED) is 0.789. The minimum atomic E-state index is -3.79. The van der Waals surface area contributed by atoms with E-state index in [0.29, 0.717) is 11.5 Å². The summed E-state index contributed by atoms with van der Waals surface area (Å²) in [5.41, 5.74) is 0. The number of nitrogens with one attached hydrogen (secondary N) is 1. The lowest BCUT2D eigenvalue weighted by Gasteiger charge is -2.16. The summed E-state index contributed by atoms with van der Waals surface area (Å²) in [4.78, 5) is 3.88. The fourth-order valence-corrected chi connectivity index (χ4v) is 3.19. The Hall–Kier alpha value is -1.90. The molecule has 1 atom stereocenters. The van der Waals surface area contributed by atoms with Crippen molar-refractivity contribution < 1.29 is 22.3 Å². The first-order valence-corrected chi connectivity index (χ1v) is 8.57. The van der Waals surface area contributed by atoms with Gasteiger partial charge in [0.15, 0.2) is 0 Å². The molecule has 0 aliphatic rings. The van der Waals surface area contributed by atoms with E-state index in [9.17, 15) is 8.42 Å². The van der Waals surface area contributed by atoms with E-state index in [0.717, 1.165) is 12.2 Å². The van der Waals surface area contributed by atoms with Crippen molar-refractivity contribution in [3.63, 3.8) is 0 Å². The second-order valence-electron chi connectivity index (χ2n) is 4.85. The molecular weight excluding hydrogens is 320 g/mol. The average molecular weight is 340 g/mol. The Labute approximate surface area is 135 Å². The van der Waals surface area contributed by atoms with Crippen LogP contribution in [-0.4, -0.2) is 34.2 Å². The highest BCUT2D eigenvalue weighted by atomic mass is 32.2. The Morgan fingerprint density at radius 1 is 1.30 bits per heavy atom. The highest BCUT2D eigenvalue weighted by Gasteiger charge is 2.24. The number of nitrogens with zero attached hydrogens (tertiary/aromatic N) is 1. The van der Waals surface area contributed by atoms with Gasteiger partial charge in [-0.05, 0) is 12.1 Å². The second kappa shape index (κ2) is 7.58. The topological polar surface area (TPSA) is 90.7 Å². The molecule has 0 fully saturated rings. The van der Waals surface area contributed by atoms with Gasteiger partial charge in [0.25, 0.3) is 0 Å². The molecule has 0 amide bonds. The summed E-state index contributed by atoms with van der Waals surface area (Å²) in [6.45, 7) is 2.10. The number of hydrogen-bond acceptors (Lipinski definition) is 6. The molecule has 0 aromatic carbocycles. The maximum atomic E-state index is 12.5. The van der Waals surface area contributed by atoms with E-state index in [1.165, 1.54) is 32.7 Å². The van der Waals surface area contributed by atoms with Crippen LogP contribution in [0.5, 0.6) is 5.75 Å². The lowest BCUT2D eigenvalue weighted by Crippen LogP contribution is -2.31. The van der Waals surface area contributed by atoms with Crippen molar-refractivity contribution in [1.29, 1.82) is 0 Å². The molecule has 23 heavy (non-hydrogen) atoms. The summed E-state index contributed by atoms with van der Waals surface area (Å²) >= 11 is 0. The summed E-state index contributed by atoms with van der Waals surface area (Å²) < 4.78 is 43.4. The predicted molar refractivity (Wildman–Crippen MR) is 83.8 cm³/mol. The van der Waals surface area contributed by atoms with E-state index < -0.39 is 16.1 Å². The Morgan fingerprint density at radius 2 is 2.09 bits per heavy atom. The number of methoxy groups -OCH3 is 2. The van der Waals surface area contributed by atoms with Gasteiger partial charge in [0.2, 0.25) is 10.0 Å². The van der Waals surface area contributed by atoms with Gasteiger partial charge in [-0.2, -0.15) is 4.72 Å². The number of hydrogen-bond donors (Lipinski definition) is 1. The van der Waals surface area contributed by atoms with Gasteiger partial charge < -0.3 is 13.9 Å². The van der Waals surface area contributed by atoms with Gasteiger partial charge in [-0.1, -0.05) is 6.92 Å². The fraction of sp³-hybridized carbons (Fsp3) is 0.400. The molecule has 0 aliphatic heterocycles. The zero-order chi connectivity index (χ0) is 16.9. The Bertz CT molecular complexity index is 742. The lowest BCUT2D eigenvalue weighted by atomic mass is 10.2. The van der Waals surface area contributed by atoms with Gasteiger partial charge in [-0.3, -0.25) is 4.98 Å². The largest absolute Gasteiger partial charge is 0.495 e. The van der Waals surface area contributed by atoms with Crippen LogP contribution in [0.15, 0.2) is 39.9 Å². The van der Waals surface area contributed by atoms with Gasteiger partial charge >= 0.3 is 0 Å². The minimum Gasteiger partial charge on any atom is -0.495 e. The zero-order valence-corrected chi connectivity index (χ0v) is 14.1. The minimum absolute atomic E-state index is 0.0141. The number of aryl methyl sites for hydroxylation is 1. The standard InChI is InChI=1S/C15H20N2O5S/c1-4-11-5-6-15(22-11)14(10-20-2)17-23(18,19)13-7-12(21-3)8-16-9-13/h5-9,14,17H,4,10H2,1-3H3. The van der Waals surface area contributed by atoms with Gasteiger partial charge in [0.05, 0.1) is 19.9 Å². The normalized spacial score (nSPS) is 13.0. The number of furan rings is 1. The SMILES string of the molecule is CCc1ccc(C(COC)NS(=O)(=O)c2cncc(OC)c2)o1. The molecule has 0 aliphatic carbocycles. The molecule has 0 radical (unpaired) electrons. The van der Waals surface area contributed by atoms with E-state index in [2.05, 4.69) is 9.71 Å². The number of ether oxygens (including phenoxy) is 2. The van der Waals surface area contributed by atoms with Crippen molar-refractivity contribution >= 4 is 10.0 Å². The number of sulfonamides is 1. The van der Waals surface area contributed by atoms with Crippen LogP contribution in [0.3, 0.4) is 0 Å². The number of pyridine rings is 1. The molecule has 2 aromatic rings. The van der Waals surface area contributed by atoms with Crippen molar-refractivity contribution in [3.8, 4) is 5.75 Å². The van der Waals surface area contributed by atoms with Crippen molar-refractivity contribution in [1.82, 2.24) is 9.71 Å². The Morgan fingerprint density at radius 3 is 2.70 bits per heavy atom. The highest BCUT2D eigenvalue weighted by molar-refractivity contribution is 7.89. The van der Waals surface area contributed by atoms with Crippen LogP contribution < -0.4 is 9.46 Å². The molecule has 2 rings (SSSR count). The molecule has 0 saturated heterocycles. The average Bonchev–Trinajstić information content (AvgIpc) is 3.03. The van der Waals surface area contributed by atoms with Crippen molar-refractivity contribution in [2.24, 2.45) is 0 Å². The van der Waals surface area contributed by atoms with Crippen molar-refractivity contribution in [2.45, 2.75) is 24.3 Å².